The second-order valence-electron chi connectivity index (χ2n) is 6.18. The second kappa shape index (κ2) is 3.82. The number of hydrogen-bond acceptors (Lipinski definition) is 3. The zero-order valence-electron chi connectivity index (χ0n) is 12.0. The van der Waals surface area contributed by atoms with Gasteiger partial charge in [0.15, 0.2) is 0 Å². The van der Waals surface area contributed by atoms with Crippen molar-refractivity contribution in [3.8, 4) is 11.8 Å². The Kier molecular flexibility index (Phi) is 2.07. The molecule has 4 atom stereocenters. The number of allylic oxidation sites excluding steroid dienone is 4. The van der Waals surface area contributed by atoms with Crippen LogP contribution in [0.1, 0.15) is 12.1 Å². The van der Waals surface area contributed by atoms with Gasteiger partial charge in [-0.05, 0) is 12.1 Å². The monoisotopic (exact) mass is 304 g/mol. The van der Waals surface area contributed by atoms with Gasteiger partial charge in [0.1, 0.15) is 5.41 Å². The maximum atomic E-state index is 12.9. The quantitative estimate of drug-likeness (QED) is 0.742. The van der Waals surface area contributed by atoms with Gasteiger partial charge >= 0.3 is 11.4 Å². The molecule has 6 nitrogen and oxygen atoms in total. The molecule has 0 unspecified atom stereocenters. The first-order chi connectivity index (χ1) is 11.2. The number of hydrogen-bond donors (Lipinski definition) is 0. The molecule has 112 valence electrons. The van der Waals surface area contributed by atoms with E-state index in [1.165, 1.54) is 13.9 Å². The molecule has 0 saturated heterocycles. The summed E-state index contributed by atoms with van der Waals surface area (Å²) in [5.74, 6) is -0.0498. The SMILES string of the molecule is N#C[C@@]12C=C[C@H]1[C@H]1C=C[C@H]2n2c(=O)n(-c3ccccc3)c(=O)n21. The Labute approximate surface area is 130 Å². The minimum atomic E-state index is -0.710. The van der Waals surface area contributed by atoms with E-state index in [0.29, 0.717) is 5.69 Å². The van der Waals surface area contributed by atoms with E-state index in [-0.39, 0.29) is 17.6 Å². The van der Waals surface area contributed by atoms with Crippen molar-refractivity contribution in [1.29, 1.82) is 5.26 Å². The lowest BCUT2D eigenvalue weighted by atomic mass is 9.57. The van der Waals surface area contributed by atoms with Gasteiger partial charge in [-0.1, -0.05) is 42.5 Å². The van der Waals surface area contributed by atoms with Crippen molar-refractivity contribution in [1.82, 2.24) is 13.9 Å². The molecule has 23 heavy (non-hydrogen) atoms. The summed E-state index contributed by atoms with van der Waals surface area (Å²) in [5.41, 5.74) is -0.914. The smallest absolute Gasteiger partial charge is 0.245 e. The highest BCUT2D eigenvalue weighted by Crippen LogP contribution is 2.58. The van der Waals surface area contributed by atoms with Crippen LogP contribution in [0.4, 0.5) is 0 Å². The largest absolute Gasteiger partial charge is 0.352 e. The zero-order valence-corrected chi connectivity index (χ0v) is 12.0. The van der Waals surface area contributed by atoms with E-state index in [1.807, 2.05) is 30.4 Å². The molecule has 1 aromatic heterocycles. The average molecular weight is 304 g/mol. The maximum Gasteiger partial charge on any atom is 0.352 e. The van der Waals surface area contributed by atoms with Crippen molar-refractivity contribution in [3.63, 3.8) is 0 Å². The predicted molar refractivity (Wildman–Crippen MR) is 82.2 cm³/mol. The van der Waals surface area contributed by atoms with Crippen molar-refractivity contribution in [2.24, 2.45) is 11.3 Å². The molecule has 0 spiro atoms. The zero-order chi connectivity index (χ0) is 15.8. The Morgan fingerprint density at radius 3 is 2.39 bits per heavy atom. The van der Waals surface area contributed by atoms with Crippen LogP contribution in [-0.4, -0.2) is 13.9 Å². The van der Waals surface area contributed by atoms with Crippen molar-refractivity contribution in [2.75, 3.05) is 0 Å². The highest BCUT2D eigenvalue weighted by molar-refractivity contribution is 5.41. The average Bonchev–Trinajstić information content (AvgIpc) is 2.81. The molecular formula is C17H12N4O2. The Morgan fingerprint density at radius 1 is 1.00 bits per heavy atom. The third-order valence-electron chi connectivity index (χ3n) is 5.24. The third kappa shape index (κ3) is 1.21. The van der Waals surface area contributed by atoms with Crippen molar-refractivity contribution >= 4 is 0 Å². The lowest BCUT2D eigenvalue weighted by Gasteiger charge is -2.52. The van der Waals surface area contributed by atoms with Gasteiger partial charge < -0.3 is 0 Å². The molecular weight excluding hydrogens is 292 g/mol. The minimum Gasteiger partial charge on any atom is -0.245 e. The molecule has 1 aromatic carbocycles. The summed E-state index contributed by atoms with van der Waals surface area (Å²) in [6.07, 6.45) is 7.64. The van der Waals surface area contributed by atoms with Crippen LogP contribution in [0.25, 0.3) is 5.69 Å². The normalized spacial score (nSPS) is 32.0. The van der Waals surface area contributed by atoms with Gasteiger partial charge in [-0.25, -0.2) is 23.5 Å². The van der Waals surface area contributed by atoms with Crippen LogP contribution < -0.4 is 11.4 Å². The van der Waals surface area contributed by atoms with Gasteiger partial charge in [0.25, 0.3) is 0 Å². The summed E-state index contributed by atoms with van der Waals surface area (Å²) in [6, 6.07) is 10.5. The van der Waals surface area contributed by atoms with E-state index in [0.717, 1.165) is 0 Å². The van der Waals surface area contributed by atoms with Gasteiger partial charge in [-0.2, -0.15) is 5.26 Å². The summed E-state index contributed by atoms with van der Waals surface area (Å²) >= 11 is 0. The summed E-state index contributed by atoms with van der Waals surface area (Å²) in [7, 11) is 0. The number of benzene rings is 1. The first kappa shape index (κ1) is 12.5. The molecule has 3 heterocycles. The van der Waals surface area contributed by atoms with Gasteiger partial charge in [0, 0.05) is 5.92 Å². The molecule has 6 heteroatoms. The fourth-order valence-corrected chi connectivity index (χ4v) is 4.09. The standard InChI is InChI=1S/C17H12N4O2/c18-10-17-9-8-12(17)13-6-7-14(17)21-16(23)19(15(22)20(13)21)11-4-2-1-3-5-11/h1-9,12-14H/t12-,13+,14+,17-/m0/s1. The van der Waals surface area contributed by atoms with Crippen LogP contribution in [-0.2, 0) is 0 Å². The number of nitriles is 1. The second-order valence-corrected chi connectivity index (χ2v) is 6.18. The van der Waals surface area contributed by atoms with E-state index in [1.54, 1.807) is 24.3 Å². The van der Waals surface area contributed by atoms with E-state index in [9.17, 15) is 14.9 Å². The predicted octanol–water partition coefficient (Wildman–Crippen LogP) is 1.16. The topological polar surface area (TPSA) is 72.7 Å². The van der Waals surface area contributed by atoms with Gasteiger partial charge in [0.05, 0.1) is 23.8 Å². The molecule has 0 N–H and O–H groups in total. The van der Waals surface area contributed by atoms with E-state index in [4.69, 9.17) is 0 Å². The fourth-order valence-electron chi connectivity index (χ4n) is 4.09. The first-order valence-electron chi connectivity index (χ1n) is 7.49. The first-order valence-corrected chi connectivity index (χ1v) is 7.49. The van der Waals surface area contributed by atoms with Crippen LogP contribution in [0.5, 0.6) is 0 Å². The van der Waals surface area contributed by atoms with E-state index >= 15 is 0 Å². The van der Waals surface area contributed by atoms with Crippen LogP contribution in [0.2, 0.25) is 0 Å². The lowest BCUT2D eigenvalue weighted by Crippen LogP contribution is -2.56. The Hall–Kier alpha value is -3.07. The number of nitrogens with zero attached hydrogens (tertiary/aromatic N) is 4. The fraction of sp³-hybridized carbons (Fsp3) is 0.235. The van der Waals surface area contributed by atoms with Gasteiger partial charge in [-0.3, -0.25) is 0 Å². The highest BCUT2D eigenvalue weighted by atomic mass is 16.2. The van der Waals surface area contributed by atoms with E-state index in [2.05, 4.69) is 6.07 Å². The molecule has 2 aliphatic carbocycles. The van der Waals surface area contributed by atoms with Crippen LogP contribution in [0, 0.1) is 22.7 Å². The van der Waals surface area contributed by atoms with Gasteiger partial charge in [-0.15, -0.1) is 0 Å². The molecule has 0 saturated carbocycles. The Bertz CT molecular complexity index is 1050. The van der Waals surface area contributed by atoms with Gasteiger partial charge in [0.2, 0.25) is 0 Å². The van der Waals surface area contributed by atoms with E-state index < -0.39 is 17.1 Å². The maximum absolute atomic E-state index is 12.9. The molecule has 0 fully saturated rings. The number of rotatable bonds is 1. The minimum absolute atomic E-state index is 0.0498. The van der Waals surface area contributed by atoms with Crippen molar-refractivity contribution in [3.05, 3.63) is 75.6 Å². The summed E-state index contributed by atoms with van der Waals surface area (Å²) in [4.78, 5) is 25.8. The molecule has 2 aromatic rings. The Morgan fingerprint density at radius 2 is 1.74 bits per heavy atom. The summed E-state index contributed by atoms with van der Waals surface area (Å²) in [6.45, 7) is 0. The molecule has 2 aliphatic heterocycles. The number of aromatic nitrogens is 3. The highest BCUT2D eigenvalue weighted by Gasteiger charge is 2.59. The molecule has 4 aliphatic rings. The molecule has 0 amide bonds. The van der Waals surface area contributed by atoms with Crippen molar-refractivity contribution < 1.29 is 0 Å². The van der Waals surface area contributed by atoms with Crippen LogP contribution in [0.3, 0.4) is 0 Å². The van der Waals surface area contributed by atoms with Crippen LogP contribution >= 0.6 is 0 Å². The lowest BCUT2D eigenvalue weighted by molar-refractivity contribution is 0.0852. The molecule has 0 radical (unpaired) electrons. The Balaban J connectivity index is 1.84. The summed E-state index contributed by atoms with van der Waals surface area (Å²) < 4.78 is 4.13. The van der Waals surface area contributed by atoms with Crippen molar-refractivity contribution in [2.45, 2.75) is 12.1 Å². The number of para-hydroxylation sites is 1. The summed E-state index contributed by atoms with van der Waals surface area (Å²) in [5, 5.41) is 9.66. The van der Waals surface area contributed by atoms with Crippen LogP contribution in [0.15, 0.2) is 64.2 Å². The molecule has 6 rings (SSSR count). The molecule has 2 bridgehead atoms. The third-order valence-corrected chi connectivity index (χ3v) is 5.24.